The Morgan fingerprint density at radius 1 is 1.42 bits per heavy atom. The molecule has 104 valence electrons. The molecule has 2 aromatic rings. The first-order valence-corrected chi connectivity index (χ1v) is 6.76. The van der Waals surface area contributed by atoms with Crippen LogP contribution in [-0.2, 0) is 19.4 Å². The quantitative estimate of drug-likeness (QED) is 0.618. The Bertz CT molecular complexity index is 529. The van der Waals surface area contributed by atoms with Crippen LogP contribution >= 0.6 is 0 Å². The second-order valence-corrected chi connectivity index (χ2v) is 4.67. The molecule has 0 aliphatic heterocycles. The topological polar surface area (TPSA) is 69.0 Å². The largest absolute Gasteiger partial charge is 0.465 e. The van der Waals surface area contributed by atoms with E-state index in [1.807, 2.05) is 23.7 Å². The maximum absolute atomic E-state index is 5.65. The van der Waals surface area contributed by atoms with Crippen molar-refractivity contribution in [3.63, 3.8) is 0 Å². The van der Waals surface area contributed by atoms with Gasteiger partial charge in [-0.25, -0.2) is 5.43 Å². The van der Waals surface area contributed by atoms with Gasteiger partial charge in [0, 0.05) is 18.7 Å². The maximum Gasteiger partial charge on any atom is 0.122 e. The molecule has 0 amide bonds. The number of furan rings is 1. The molecule has 0 aliphatic carbocycles. The Labute approximate surface area is 113 Å². The summed E-state index contributed by atoms with van der Waals surface area (Å²) in [5.74, 6) is 7.41. The SMILES string of the molecule is CCc1cc(CC(NN)c2ccc(C)o2)n(CC)n1. The zero-order valence-corrected chi connectivity index (χ0v) is 11.8. The molecule has 2 rings (SSSR count). The molecule has 1 atom stereocenters. The highest BCUT2D eigenvalue weighted by Crippen LogP contribution is 2.20. The standard InChI is InChI=1S/C14H22N4O/c1-4-11-8-12(18(5-2)17-11)9-13(16-15)14-7-6-10(3)19-14/h6-8,13,16H,4-5,9,15H2,1-3H3. The zero-order valence-electron chi connectivity index (χ0n) is 11.8. The lowest BCUT2D eigenvalue weighted by atomic mass is 10.1. The van der Waals surface area contributed by atoms with Crippen molar-refractivity contribution in [2.24, 2.45) is 5.84 Å². The molecule has 1 unspecified atom stereocenters. The normalized spacial score (nSPS) is 12.8. The van der Waals surface area contributed by atoms with Gasteiger partial charge in [0.05, 0.1) is 11.7 Å². The molecule has 0 aromatic carbocycles. The molecule has 3 N–H and O–H groups in total. The second-order valence-electron chi connectivity index (χ2n) is 4.67. The van der Waals surface area contributed by atoms with Gasteiger partial charge in [0.2, 0.25) is 0 Å². The van der Waals surface area contributed by atoms with Crippen LogP contribution in [0.2, 0.25) is 0 Å². The predicted molar refractivity (Wildman–Crippen MR) is 74.5 cm³/mol. The van der Waals surface area contributed by atoms with Crippen molar-refractivity contribution >= 4 is 0 Å². The third-order valence-electron chi connectivity index (χ3n) is 3.29. The van der Waals surface area contributed by atoms with E-state index in [2.05, 4.69) is 30.4 Å². The molecule has 0 saturated heterocycles. The van der Waals surface area contributed by atoms with E-state index in [0.29, 0.717) is 0 Å². The van der Waals surface area contributed by atoms with Gasteiger partial charge in [0.1, 0.15) is 11.5 Å². The van der Waals surface area contributed by atoms with Crippen LogP contribution in [0.25, 0.3) is 0 Å². The lowest BCUT2D eigenvalue weighted by Gasteiger charge is -2.14. The lowest BCUT2D eigenvalue weighted by Crippen LogP contribution is -2.30. The first-order chi connectivity index (χ1) is 9.17. The Balaban J connectivity index is 2.20. The molecule has 19 heavy (non-hydrogen) atoms. The van der Waals surface area contributed by atoms with Crippen LogP contribution in [0, 0.1) is 6.92 Å². The second kappa shape index (κ2) is 6.04. The fourth-order valence-corrected chi connectivity index (χ4v) is 2.22. The minimum absolute atomic E-state index is 0.0274. The molecule has 2 heterocycles. The zero-order chi connectivity index (χ0) is 13.8. The van der Waals surface area contributed by atoms with Gasteiger partial charge in [-0.15, -0.1) is 0 Å². The highest BCUT2D eigenvalue weighted by Gasteiger charge is 2.17. The molecule has 2 aromatic heterocycles. The van der Waals surface area contributed by atoms with Crippen molar-refractivity contribution in [2.75, 3.05) is 0 Å². The van der Waals surface area contributed by atoms with Crippen LogP contribution in [0.3, 0.4) is 0 Å². The van der Waals surface area contributed by atoms with Crippen LogP contribution in [0.4, 0.5) is 0 Å². The summed E-state index contributed by atoms with van der Waals surface area (Å²) in [6, 6.07) is 6.03. The van der Waals surface area contributed by atoms with Crippen molar-refractivity contribution in [1.82, 2.24) is 15.2 Å². The fourth-order valence-electron chi connectivity index (χ4n) is 2.22. The fraction of sp³-hybridized carbons (Fsp3) is 0.500. The van der Waals surface area contributed by atoms with Gasteiger partial charge in [-0.05, 0) is 38.5 Å². The Morgan fingerprint density at radius 2 is 2.21 bits per heavy atom. The van der Waals surface area contributed by atoms with Gasteiger partial charge in [0.15, 0.2) is 0 Å². The van der Waals surface area contributed by atoms with Gasteiger partial charge >= 0.3 is 0 Å². The minimum atomic E-state index is -0.0274. The first-order valence-electron chi connectivity index (χ1n) is 6.76. The van der Waals surface area contributed by atoms with Gasteiger partial charge in [-0.3, -0.25) is 10.5 Å². The number of nitrogens with two attached hydrogens (primary N) is 1. The van der Waals surface area contributed by atoms with Gasteiger partial charge in [0.25, 0.3) is 0 Å². The molecule has 0 aliphatic rings. The average molecular weight is 262 g/mol. The van der Waals surface area contributed by atoms with E-state index in [4.69, 9.17) is 10.3 Å². The van der Waals surface area contributed by atoms with Crippen LogP contribution in [0.15, 0.2) is 22.6 Å². The summed E-state index contributed by atoms with van der Waals surface area (Å²) in [7, 11) is 0. The smallest absolute Gasteiger partial charge is 0.122 e. The lowest BCUT2D eigenvalue weighted by molar-refractivity contribution is 0.396. The van der Waals surface area contributed by atoms with E-state index >= 15 is 0 Å². The molecule has 0 fully saturated rings. The summed E-state index contributed by atoms with van der Waals surface area (Å²) < 4.78 is 7.67. The molecule has 0 saturated carbocycles. The van der Waals surface area contributed by atoms with Gasteiger partial charge < -0.3 is 4.42 Å². The third kappa shape index (κ3) is 3.05. The molecule has 5 nitrogen and oxygen atoms in total. The summed E-state index contributed by atoms with van der Waals surface area (Å²) >= 11 is 0. The highest BCUT2D eigenvalue weighted by molar-refractivity contribution is 5.16. The van der Waals surface area contributed by atoms with E-state index in [1.54, 1.807) is 0 Å². The number of aryl methyl sites for hydroxylation is 3. The number of hydrogen-bond acceptors (Lipinski definition) is 4. The number of nitrogens with zero attached hydrogens (tertiary/aromatic N) is 2. The maximum atomic E-state index is 5.65. The Hall–Kier alpha value is -1.59. The van der Waals surface area contributed by atoms with E-state index in [-0.39, 0.29) is 6.04 Å². The van der Waals surface area contributed by atoms with Crippen molar-refractivity contribution in [1.29, 1.82) is 0 Å². The monoisotopic (exact) mass is 262 g/mol. The number of hydrazine groups is 1. The average Bonchev–Trinajstić information content (AvgIpc) is 3.01. The molecule has 0 bridgehead atoms. The number of rotatable bonds is 6. The Kier molecular flexibility index (Phi) is 4.39. The highest BCUT2D eigenvalue weighted by atomic mass is 16.3. The van der Waals surface area contributed by atoms with Gasteiger partial charge in [-0.2, -0.15) is 5.10 Å². The van der Waals surface area contributed by atoms with Crippen LogP contribution in [-0.4, -0.2) is 9.78 Å². The summed E-state index contributed by atoms with van der Waals surface area (Å²) in [4.78, 5) is 0. The number of nitrogens with one attached hydrogen (secondary N) is 1. The summed E-state index contributed by atoms with van der Waals surface area (Å²) in [6.07, 6.45) is 1.71. The molecular weight excluding hydrogens is 240 g/mol. The van der Waals surface area contributed by atoms with Gasteiger partial charge in [-0.1, -0.05) is 6.92 Å². The molecule has 5 heteroatoms. The summed E-state index contributed by atoms with van der Waals surface area (Å²) in [6.45, 7) is 7.00. The minimum Gasteiger partial charge on any atom is -0.465 e. The third-order valence-corrected chi connectivity index (χ3v) is 3.29. The predicted octanol–water partition coefficient (Wildman–Crippen LogP) is 2.11. The molecule has 0 spiro atoms. The van der Waals surface area contributed by atoms with Crippen molar-refractivity contribution in [3.05, 3.63) is 41.1 Å². The molecule has 0 radical (unpaired) electrons. The van der Waals surface area contributed by atoms with Crippen molar-refractivity contribution in [3.8, 4) is 0 Å². The van der Waals surface area contributed by atoms with E-state index < -0.39 is 0 Å². The van der Waals surface area contributed by atoms with Crippen LogP contribution in [0.5, 0.6) is 0 Å². The number of aromatic nitrogens is 2. The Morgan fingerprint density at radius 3 is 2.74 bits per heavy atom. The van der Waals surface area contributed by atoms with E-state index in [1.165, 1.54) is 5.69 Å². The summed E-state index contributed by atoms with van der Waals surface area (Å²) in [5.41, 5.74) is 5.12. The summed E-state index contributed by atoms with van der Waals surface area (Å²) in [5, 5.41) is 4.55. The van der Waals surface area contributed by atoms with E-state index in [0.717, 1.165) is 36.6 Å². The van der Waals surface area contributed by atoms with E-state index in [9.17, 15) is 0 Å². The van der Waals surface area contributed by atoms with Crippen molar-refractivity contribution in [2.45, 2.75) is 46.2 Å². The van der Waals surface area contributed by atoms with Crippen LogP contribution in [0.1, 0.15) is 42.8 Å². The van der Waals surface area contributed by atoms with Crippen molar-refractivity contribution < 1.29 is 4.42 Å². The first kappa shape index (κ1) is 13.8. The van der Waals surface area contributed by atoms with Crippen LogP contribution < -0.4 is 11.3 Å². The number of hydrogen-bond donors (Lipinski definition) is 2. The molecular formula is C14H22N4O.